The van der Waals surface area contributed by atoms with Crippen LogP contribution >= 0.6 is 0 Å². The van der Waals surface area contributed by atoms with Gasteiger partial charge in [0, 0.05) is 26.2 Å². The van der Waals surface area contributed by atoms with Crippen molar-refractivity contribution < 1.29 is 9.84 Å². The van der Waals surface area contributed by atoms with E-state index in [4.69, 9.17) is 10.5 Å². The lowest BCUT2D eigenvalue weighted by atomic mass is 10.0. The summed E-state index contributed by atoms with van der Waals surface area (Å²) >= 11 is 0. The van der Waals surface area contributed by atoms with E-state index in [0.717, 1.165) is 51.9 Å². The Morgan fingerprint density at radius 3 is 2.59 bits per heavy atom. The van der Waals surface area contributed by atoms with Gasteiger partial charge in [-0.3, -0.25) is 0 Å². The summed E-state index contributed by atoms with van der Waals surface area (Å²) in [7, 11) is 0. The second-order valence-electron chi connectivity index (χ2n) is 5.34. The molecule has 1 unspecified atom stereocenters. The van der Waals surface area contributed by atoms with Crippen LogP contribution in [0.25, 0.3) is 0 Å². The van der Waals surface area contributed by atoms with Crippen molar-refractivity contribution in [1.29, 1.82) is 0 Å². The van der Waals surface area contributed by atoms with Crippen LogP contribution in [-0.4, -0.2) is 54.5 Å². The normalized spacial score (nSPS) is 22.6. The van der Waals surface area contributed by atoms with Gasteiger partial charge in [-0.2, -0.15) is 0 Å². The summed E-state index contributed by atoms with van der Waals surface area (Å²) in [6.45, 7) is 8.28. The SMILES string of the molecule is CCC(C)(O)CN1CCC(OCCCN)CC1. The van der Waals surface area contributed by atoms with Gasteiger partial charge in [0.1, 0.15) is 0 Å². The Hall–Kier alpha value is -0.160. The maximum absolute atomic E-state index is 10.0. The standard InChI is InChI=1S/C13H28N2O2/c1-3-13(2,16)11-15-8-5-12(6-9-15)17-10-4-7-14/h12,16H,3-11,14H2,1-2H3. The largest absolute Gasteiger partial charge is 0.389 e. The third-order valence-electron chi connectivity index (χ3n) is 3.56. The van der Waals surface area contributed by atoms with E-state index in [9.17, 15) is 5.11 Å². The minimum absolute atomic E-state index is 0.393. The van der Waals surface area contributed by atoms with Gasteiger partial charge in [0.25, 0.3) is 0 Å². The summed E-state index contributed by atoms with van der Waals surface area (Å²) in [5, 5.41) is 10.0. The van der Waals surface area contributed by atoms with E-state index in [-0.39, 0.29) is 0 Å². The molecule has 0 amide bonds. The number of rotatable bonds is 7. The van der Waals surface area contributed by atoms with Crippen molar-refractivity contribution >= 4 is 0 Å². The Balaban J connectivity index is 2.17. The molecule has 1 rings (SSSR count). The molecule has 4 heteroatoms. The fraction of sp³-hybridized carbons (Fsp3) is 1.00. The number of ether oxygens (including phenoxy) is 1. The zero-order valence-corrected chi connectivity index (χ0v) is 11.3. The molecule has 1 heterocycles. The van der Waals surface area contributed by atoms with E-state index < -0.39 is 5.60 Å². The molecule has 3 N–H and O–H groups in total. The molecule has 1 fully saturated rings. The molecule has 17 heavy (non-hydrogen) atoms. The minimum Gasteiger partial charge on any atom is -0.389 e. The summed E-state index contributed by atoms with van der Waals surface area (Å²) in [5.74, 6) is 0. The number of nitrogens with zero attached hydrogens (tertiary/aromatic N) is 1. The van der Waals surface area contributed by atoms with E-state index in [1.54, 1.807) is 0 Å². The number of aliphatic hydroxyl groups is 1. The monoisotopic (exact) mass is 244 g/mol. The van der Waals surface area contributed by atoms with Gasteiger partial charge in [0.05, 0.1) is 11.7 Å². The van der Waals surface area contributed by atoms with Crippen LogP contribution in [0.15, 0.2) is 0 Å². The Morgan fingerprint density at radius 2 is 2.06 bits per heavy atom. The van der Waals surface area contributed by atoms with Crippen LogP contribution in [0, 0.1) is 0 Å². The first kappa shape index (κ1) is 14.9. The molecule has 0 saturated carbocycles. The molecule has 0 aromatic heterocycles. The zero-order valence-electron chi connectivity index (χ0n) is 11.3. The van der Waals surface area contributed by atoms with Crippen molar-refractivity contribution in [3.05, 3.63) is 0 Å². The van der Waals surface area contributed by atoms with E-state index >= 15 is 0 Å². The Morgan fingerprint density at radius 1 is 1.41 bits per heavy atom. The highest BCUT2D eigenvalue weighted by Crippen LogP contribution is 2.18. The van der Waals surface area contributed by atoms with Crippen LogP contribution in [0.3, 0.4) is 0 Å². The molecular weight excluding hydrogens is 216 g/mol. The minimum atomic E-state index is -0.548. The van der Waals surface area contributed by atoms with E-state index in [2.05, 4.69) is 4.90 Å². The topological polar surface area (TPSA) is 58.7 Å². The highest BCUT2D eigenvalue weighted by atomic mass is 16.5. The molecule has 4 nitrogen and oxygen atoms in total. The highest BCUT2D eigenvalue weighted by Gasteiger charge is 2.25. The van der Waals surface area contributed by atoms with Gasteiger partial charge in [-0.25, -0.2) is 0 Å². The van der Waals surface area contributed by atoms with Gasteiger partial charge in [-0.05, 0) is 39.2 Å². The second kappa shape index (κ2) is 7.31. The molecule has 0 spiro atoms. The van der Waals surface area contributed by atoms with Gasteiger partial charge < -0.3 is 20.5 Å². The molecule has 0 radical (unpaired) electrons. The van der Waals surface area contributed by atoms with Gasteiger partial charge in [0.2, 0.25) is 0 Å². The first-order chi connectivity index (χ1) is 8.07. The lowest BCUT2D eigenvalue weighted by molar-refractivity contribution is -0.0256. The molecule has 0 aromatic carbocycles. The Kier molecular flexibility index (Phi) is 6.41. The van der Waals surface area contributed by atoms with Gasteiger partial charge in [0.15, 0.2) is 0 Å². The average Bonchev–Trinajstić information content (AvgIpc) is 2.31. The van der Waals surface area contributed by atoms with Crippen LogP contribution in [0.5, 0.6) is 0 Å². The fourth-order valence-corrected chi connectivity index (χ4v) is 2.16. The van der Waals surface area contributed by atoms with Crippen molar-refractivity contribution in [2.45, 2.75) is 51.2 Å². The van der Waals surface area contributed by atoms with Crippen molar-refractivity contribution in [2.75, 3.05) is 32.8 Å². The average molecular weight is 244 g/mol. The van der Waals surface area contributed by atoms with Gasteiger partial charge in [-0.15, -0.1) is 0 Å². The number of hydrogen-bond acceptors (Lipinski definition) is 4. The maximum Gasteiger partial charge on any atom is 0.0743 e. The van der Waals surface area contributed by atoms with Crippen LogP contribution < -0.4 is 5.73 Å². The highest BCUT2D eigenvalue weighted by molar-refractivity contribution is 4.80. The van der Waals surface area contributed by atoms with Crippen molar-refractivity contribution in [1.82, 2.24) is 4.90 Å². The molecule has 1 aliphatic rings. The second-order valence-corrected chi connectivity index (χ2v) is 5.34. The van der Waals surface area contributed by atoms with Gasteiger partial charge >= 0.3 is 0 Å². The lowest BCUT2D eigenvalue weighted by Gasteiger charge is -2.36. The fourth-order valence-electron chi connectivity index (χ4n) is 2.16. The summed E-state index contributed by atoms with van der Waals surface area (Å²) in [6, 6.07) is 0. The quantitative estimate of drug-likeness (QED) is 0.655. The number of β-amino-alcohol motifs (C(OH)–C–C–N with tert-alkyl or cyclic N) is 1. The number of piperidine rings is 1. The van der Waals surface area contributed by atoms with Crippen LogP contribution in [0.2, 0.25) is 0 Å². The molecular formula is C13H28N2O2. The first-order valence-corrected chi connectivity index (χ1v) is 6.84. The number of likely N-dealkylation sites (tertiary alicyclic amines) is 1. The predicted molar refractivity (Wildman–Crippen MR) is 70.0 cm³/mol. The third kappa shape index (κ3) is 5.82. The van der Waals surface area contributed by atoms with Crippen LogP contribution in [-0.2, 0) is 4.74 Å². The summed E-state index contributed by atoms with van der Waals surface area (Å²) < 4.78 is 5.76. The van der Waals surface area contributed by atoms with E-state index in [1.165, 1.54) is 0 Å². The smallest absolute Gasteiger partial charge is 0.0743 e. The Labute approximate surface area is 105 Å². The number of nitrogens with two attached hydrogens (primary N) is 1. The number of hydrogen-bond donors (Lipinski definition) is 2. The van der Waals surface area contributed by atoms with Crippen molar-refractivity contribution in [3.63, 3.8) is 0 Å². The summed E-state index contributed by atoms with van der Waals surface area (Å²) in [5.41, 5.74) is 4.89. The van der Waals surface area contributed by atoms with E-state index in [0.29, 0.717) is 12.6 Å². The molecule has 0 aliphatic carbocycles. The van der Waals surface area contributed by atoms with Crippen LogP contribution in [0.4, 0.5) is 0 Å². The molecule has 0 aromatic rings. The molecule has 1 aliphatic heterocycles. The predicted octanol–water partition coefficient (Wildman–Crippen LogP) is 0.977. The summed E-state index contributed by atoms with van der Waals surface area (Å²) in [6.07, 6.45) is 4.30. The maximum atomic E-state index is 10.0. The lowest BCUT2D eigenvalue weighted by Crippen LogP contribution is -2.45. The third-order valence-corrected chi connectivity index (χ3v) is 3.56. The van der Waals surface area contributed by atoms with Crippen molar-refractivity contribution in [2.24, 2.45) is 5.73 Å². The molecule has 0 bridgehead atoms. The molecule has 1 saturated heterocycles. The van der Waals surface area contributed by atoms with E-state index in [1.807, 2.05) is 13.8 Å². The van der Waals surface area contributed by atoms with Gasteiger partial charge in [-0.1, -0.05) is 6.92 Å². The zero-order chi connectivity index (χ0) is 12.7. The molecule has 102 valence electrons. The first-order valence-electron chi connectivity index (χ1n) is 6.84. The Bertz CT molecular complexity index is 202. The van der Waals surface area contributed by atoms with Crippen molar-refractivity contribution in [3.8, 4) is 0 Å². The summed E-state index contributed by atoms with van der Waals surface area (Å²) in [4.78, 5) is 2.34. The molecule has 1 atom stereocenters. The van der Waals surface area contributed by atoms with Crippen LogP contribution in [0.1, 0.15) is 39.5 Å².